The number of nitrogens with zero attached hydrogens (tertiary/aromatic N) is 4. The average molecular weight is 223 g/mol. The summed E-state index contributed by atoms with van der Waals surface area (Å²) < 4.78 is 1.74. The molecule has 2 rings (SSSR count). The van der Waals surface area contributed by atoms with E-state index in [9.17, 15) is 4.79 Å². The first-order chi connectivity index (χ1) is 7.86. The van der Waals surface area contributed by atoms with Gasteiger partial charge in [-0.25, -0.2) is 0 Å². The summed E-state index contributed by atoms with van der Waals surface area (Å²) in [6.45, 7) is 3.75. The second-order valence-corrected chi connectivity index (χ2v) is 3.93. The first kappa shape index (κ1) is 11.1. The van der Waals surface area contributed by atoms with Gasteiger partial charge in [-0.1, -0.05) is 5.21 Å². The van der Waals surface area contributed by atoms with Crippen molar-refractivity contribution in [1.82, 2.24) is 25.2 Å². The number of hydrogen-bond donors (Lipinski definition) is 1. The highest BCUT2D eigenvalue weighted by atomic mass is 16.2. The molecular formula is C10H17N5O. The van der Waals surface area contributed by atoms with Crippen LogP contribution in [0.4, 0.5) is 0 Å². The molecule has 0 atom stereocenters. The number of rotatable bonds is 5. The van der Waals surface area contributed by atoms with Crippen LogP contribution in [0.3, 0.4) is 0 Å². The van der Waals surface area contributed by atoms with Gasteiger partial charge in [-0.15, -0.1) is 5.10 Å². The van der Waals surface area contributed by atoms with E-state index < -0.39 is 0 Å². The molecule has 1 amide bonds. The number of likely N-dealkylation sites (tertiary alicyclic amines) is 1. The van der Waals surface area contributed by atoms with Crippen molar-refractivity contribution < 1.29 is 4.79 Å². The average Bonchev–Trinajstić information content (AvgIpc) is 2.96. The predicted molar refractivity (Wildman–Crippen MR) is 58.7 cm³/mol. The zero-order valence-electron chi connectivity index (χ0n) is 9.30. The van der Waals surface area contributed by atoms with Crippen molar-refractivity contribution in [2.75, 3.05) is 26.2 Å². The molecule has 1 saturated heterocycles. The highest BCUT2D eigenvalue weighted by molar-refractivity contribution is 5.78. The summed E-state index contributed by atoms with van der Waals surface area (Å²) in [7, 11) is 0. The molecule has 1 aliphatic rings. The molecule has 1 aromatic heterocycles. The van der Waals surface area contributed by atoms with Gasteiger partial charge in [-0.05, 0) is 12.8 Å². The molecular weight excluding hydrogens is 206 g/mol. The molecule has 0 bridgehead atoms. The molecule has 1 fully saturated rings. The van der Waals surface area contributed by atoms with E-state index in [4.69, 9.17) is 0 Å². The molecule has 0 saturated carbocycles. The van der Waals surface area contributed by atoms with Crippen LogP contribution >= 0.6 is 0 Å². The van der Waals surface area contributed by atoms with Crippen molar-refractivity contribution in [2.45, 2.75) is 19.4 Å². The van der Waals surface area contributed by atoms with E-state index in [2.05, 4.69) is 15.6 Å². The van der Waals surface area contributed by atoms with Crippen LogP contribution in [0, 0.1) is 0 Å². The third kappa shape index (κ3) is 3.03. The van der Waals surface area contributed by atoms with Crippen molar-refractivity contribution >= 4 is 5.91 Å². The van der Waals surface area contributed by atoms with Crippen LogP contribution in [0.15, 0.2) is 12.4 Å². The minimum Gasteiger partial charge on any atom is -0.342 e. The monoisotopic (exact) mass is 223 g/mol. The fourth-order valence-electron chi connectivity index (χ4n) is 1.82. The van der Waals surface area contributed by atoms with Crippen LogP contribution in [0.25, 0.3) is 0 Å². The summed E-state index contributed by atoms with van der Waals surface area (Å²) >= 11 is 0. The second kappa shape index (κ2) is 5.60. The third-order valence-corrected chi connectivity index (χ3v) is 2.72. The van der Waals surface area contributed by atoms with Crippen molar-refractivity contribution in [2.24, 2.45) is 0 Å². The molecule has 0 spiro atoms. The number of hydrogen-bond acceptors (Lipinski definition) is 4. The lowest BCUT2D eigenvalue weighted by atomic mass is 10.4. The number of carbonyl (C=O) groups is 1. The van der Waals surface area contributed by atoms with Crippen LogP contribution in [-0.4, -0.2) is 52.0 Å². The minimum atomic E-state index is 0.205. The van der Waals surface area contributed by atoms with Crippen molar-refractivity contribution in [1.29, 1.82) is 0 Å². The zero-order chi connectivity index (χ0) is 11.2. The molecule has 16 heavy (non-hydrogen) atoms. The zero-order valence-corrected chi connectivity index (χ0v) is 9.30. The Hall–Kier alpha value is -1.43. The molecule has 88 valence electrons. The molecule has 1 aliphatic heterocycles. The lowest BCUT2D eigenvalue weighted by Crippen LogP contribution is -2.37. The Bertz CT molecular complexity index is 318. The van der Waals surface area contributed by atoms with E-state index in [0.717, 1.165) is 39.0 Å². The number of aromatic nitrogens is 3. The van der Waals surface area contributed by atoms with Crippen molar-refractivity contribution in [3.63, 3.8) is 0 Å². The molecule has 6 heteroatoms. The highest BCUT2D eigenvalue weighted by Crippen LogP contribution is 2.06. The quantitative estimate of drug-likeness (QED) is 0.683. The van der Waals surface area contributed by atoms with Crippen LogP contribution in [-0.2, 0) is 11.3 Å². The van der Waals surface area contributed by atoms with E-state index >= 15 is 0 Å². The number of amides is 1. The maximum absolute atomic E-state index is 11.6. The Morgan fingerprint density at radius 2 is 2.19 bits per heavy atom. The molecule has 1 aromatic rings. The first-order valence-electron chi connectivity index (χ1n) is 5.69. The molecule has 1 N–H and O–H groups in total. The lowest BCUT2D eigenvalue weighted by molar-refractivity contribution is -0.129. The Kier molecular flexibility index (Phi) is 3.87. The van der Waals surface area contributed by atoms with Crippen LogP contribution < -0.4 is 5.32 Å². The maximum Gasteiger partial charge on any atom is 0.236 e. The van der Waals surface area contributed by atoms with Crippen molar-refractivity contribution in [3.05, 3.63) is 12.4 Å². The first-order valence-corrected chi connectivity index (χ1v) is 5.69. The largest absolute Gasteiger partial charge is 0.342 e. The van der Waals surface area contributed by atoms with Gasteiger partial charge >= 0.3 is 0 Å². The Morgan fingerprint density at radius 1 is 1.38 bits per heavy atom. The molecule has 0 aromatic carbocycles. The summed E-state index contributed by atoms with van der Waals surface area (Å²) in [5, 5.41) is 10.7. The van der Waals surface area contributed by atoms with Gasteiger partial charge in [0.15, 0.2) is 0 Å². The lowest BCUT2D eigenvalue weighted by Gasteiger charge is -2.15. The van der Waals surface area contributed by atoms with Crippen LogP contribution in [0.2, 0.25) is 0 Å². The third-order valence-electron chi connectivity index (χ3n) is 2.72. The van der Waals surface area contributed by atoms with Crippen LogP contribution in [0.1, 0.15) is 12.8 Å². The van der Waals surface area contributed by atoms with E-state index in [1.165, 1.54) is 0 Å². The summed E-state index contributed by atoms with van der Waals surface area (Å²) in [6.07, 6.45) is 5.74. The smallest absolute Gasteiger partial charge is 0.236 e. The van der Waals surface area contributed by atoms with Gasteiger partial charge in [-0.2, -0.15) is 0 Å². The van der Waals surface area contributed by atoms with Gasteiger partial charge in [0.25, 0.3) is 0 Å². The number of nitrogens with one attached hydrogen (secondary N) is 1. The Balaban J connectivity index is 1.59. The fourth-order valence-corrected chi connectivity index (χ4v) is 1.82. The minimum absolute atomic E-state index is 0.205. The van der Waals surface area contributed by atoms with Gasteiger partial charge in [-0.3, -0.25) is 9.48 Å². The molecule has 0 aliphatic carbocycles. The van der Waals surface area contributed by atoms with Gasteiger partial charge in [0, 0.05) is 25.8 Å². The summed E-state index contributed by atoms with van der Waals surface area (Å²) in [5.41, 5.74) is 0. The maximum atomic E-state index is 11.6. The second-order valence-electron chi connectivity index (χ2n) is 3.93. The molecule has 0 radical (unpaired) electrons. The topological polar surface area (TPSA) is 63.1 Å². The molecule has 6 nitrogen and oxygen atoms in total. The van der Waals surface area contributed by atoms with Crippen molar-refractivity contribution in [3.8, 4) is 0 Å². The Labute approximate surface area is 94.6 Å². The van der Waals surface area contributed by atoms with E-state index in [0.29, 0.717) is 6.54 Å². The Morgan fingerprint density at radius 3 is 2.88 bits per heavy atom. The van der Waals surface area contributed by atoms with Gasteiger partial charge < -0.3 is 10.2 Å². The van der Waals surface area contributed by atoms with Gasteiger partial charge in [0.2, 0.25) is 5.91 Å². The normalized spacial score (nSPS) is 15.6. The van der Waals surface area contributed by atoms with E-state index in [1.54, 1.807) is 10.9 Å². The molecule has 0 unspecified atom stereocenters. The SMILES string of the molecule is O=C(CNCCn1ccnn1)N1CCCC1. The van der Waals surface area contributed by atoms with Crippen LogP contribution in [0.5, 0.6) is 0 Å². The highest BCUT2D eigenvalue weighted by Gasteiger charge is 2.16. The standard InChI is InChI=1S/C10H17N5O/c16-10(14-5-1-2-6-14)9-11-3-7-15-8-4-12-13-15/h4,8,11H,1-3,5-7,9H2. The predicted octanol–water partition coefficient (Wildman–Crippen LogP) is -0.510. The number of carbonyl (C=O) groups excluding carboxylic acids is 1. The summed E-state index contributed by atoms with van der Waals surface area (Å²) in [4.78, 5) is 13.6. The van der Waals surface area contributed by atoms with Gasteiger partial charge in [0.1, 0.15) is 0 Å². The van der Waals surface area contributed by atoms with Gasteiger partial charge in [0.05, 0.1) is 19.3 Å². The summed E-state index contributed by atoms with van der Waals surface area (Å²) in [6, 6.07) is 0. The fraction of sp³-hybridized carbons (Fsp3) is 0.700. The van der Waals surface area contributed by atoms with E-state index in [1.807, 2.05) is 11.1 Å². The molecule has 2 heterocycles. The van der Waals surface area contributed by atoms with E-state index in [-0.39, 0.29) is 5.91 Å². The summed E-state index contributed by atoms with van der Waals surface area (Å²) in [5.74, 6) is 0.205.